The number of carbonyl (C=O) groups is 2. The van der Waals surface area contributed by atoms with Crippen LogP contribution in [0.1, 0.15) is 52.2 Å². The van der Waals surface area contributed by atoms with Gasteiger partial charge in [-0.25, -0.2) is 13.2 Å². The van der Waals surface area contributed by atoms with Crippen molar-refractivity contribution in [3.8, 4) is 0 Å². The Labute approximate surface area is 187 Å². The van der Waals surface area contributed by atoms with Gasteiger partial charge in [0.1, 0.15) is 11.0 Å². The van der Waals surface area contributed by atoms with Gasteiger partial charge < -0.3 is 10.1 Å². The molecule has 1 aliphatic rings. The zero-order valence-electron chi connectivity index (χ0n) is 18.4. The number of esters is 1. The van der Waals surface area contributed by atoms with Crippen LogP contribution in [0.15, 0.2) is 18.2 Å². The maximum atomic E-state index is 13.1. The molecule has 2 aromatic rings. The minimum absolute atomic E-state index is 0.238. The number of thiophene rings is 1. The van der Waals surface area contributed by atoms with E-state index in [1.807, 2.05) is 19.9 Å². The molecule has 3 rings (SSSR count). The molecule has 0 aliphatic heterocycles. The molecule has 0 bridgehead atoms. The zero-order chi connectivity index (χ0) is 22.9. The number of carbonyl (C=O) groups excluding carboxylic acids is 2. The van der Waals surface area contributed by atoms with Gasteiger partial charge in [-0.1, -0.05) is 6.07 Å². The lowest BCUT2D eigenvalue weighted by atomic mass is 10.1. The standard InChI is InChI=1S/C22H28N2O5S2/c1-6-29-22(26)19-17-8-7-9-18(17)30-21(19)23-20(25)15(4)24(31(5,27)28)16-11-13(2)10-14(3)12-16/h10-12,15H,6-9H2,1-5H3,(H,23,25)/t15-/m0/s1. The van der Waals surface area contributed by atoms with Crippen LogP contribution in [0.5, 0.6) is 0 Å². The van der Waals surface area contributed by atoms with E-state index in [1.165, 1.54) is 11.3 Å². The third-order valence-electron chi connectivity index (χ3n) is 5.19. The molecule has 1 amide bonds. The van der Waals surface area contributed by atoms with E-state index in [0.717, 1.165) is 51.4 Å². The van der Waals surface area contributed by atoms with E-state index >= 15 is 0 Å². The predicted octanol–water partition coefficient (Wildman–Crippen LogP) is 3.82. The van der Waals surface area contributed by atoms with Crippen molar-refractivity contribution in [3.63, 3.8) is 0 Å². The van der Waals surface area contributed by atoms with E-state index in [9.17, 15) is 18.0 Å². The fourth-order valence-corrected chi connectivity index (χ4v) is 6.45. The third-order valence-corrected chi connectivity index (χ3v) is 7.64. The fourth-order valence-electron chi connectivity index (χ4n) is 4.01. The Morgan fingerprint density at radius 1 is 1.19 bits per heavy atom. The third kappa shape index (κ3) is 4.93. The summed E-state index contributed by atoms with van der Waals surface area (Å²) in [5, 5.41) is 3.23. The molecule has 1 N–H and O–H groups in total. The van der Waals surface area contributed by atoms with Gasteiger partial charge in [-0.3, -0.25) is 9.10 Å². The second-order valence-electron chi connectivity index (χ2n) is 7.85. The van der Waals surface area contributed by atoms with Gasteiger partial charge in [-0.15, -0.1) is 11.3 Å². The van der Waals surface area contributed by atoms with Gasteiger partial charge in [0.2, 0.25) is 15.9 Å². The minimum atomic E-state index is -3.74. The second kappa shape index (κ2) is 9.00. The van der Waals surface area contributed by atoms with Crippen LogP contribution in [0.4, 0.5) is 10.7 Å². The highest BCUT2D eigenvalue weighted by Gasteiger charge is 2.33. The Hall–Kier alpha value is -2.39. The lowest BCUT2D eigenvalue weighted by molar-refractivity contribution is -0.116. The summed E-state index contributed by atoms with van der Waals surface area (Å²) in [6.07, 6.45) is 3.67. The Kier molecular flexibility index (Phi) is 6.76. The molecule has 168 valence electrons. The minimum Gasteiger partial charge on any atom is -0.462 e. The smallest absolute Gasteiger partial charge is 0.341 e. The maximum Gasteiger partial charge on any atom is 0.341 e. The van der Waals surface area contributed by atoms with Crippen molar-refractivity contribution >= 4 is 43.9 Å². The molecule has 7 nitrogen and oxygen atoms in total. The first-order valence-electron chi connectivity index (χ1n) is 10.2. The number of benzene rings is 1. The Morgan fingerprint density at radius 2 is 1.84 bits per heavy atom. The van der Waals surface area contributed by atoms with Crippen molar-refractivity contribution in [2.45, 2.75) is 53.0 Å². The molecular formula is C22H28N2O5S2. The van der Waals surface area contributed by atoms with Crippen LogP contribution in [0.3, 0.4) is 0 Å². The van der Waals surface area contributed by atoms with E-state index in [1.54, 1.807) is 26.0 Å². The van der Waals surface area contributed by atoms with Gasteiger partial charge in [0.25, 0.3) is 0 Å². The summed E-state index contributed by atoms with van der Waals surface area (Å²) in [7, 11) is -3.74. The summed E-state index contributed by atoms with van der Waals surface area (Å²) >= 11 is 1.37. The summed E-state index contributed by atoms with van der Waals surface area (Å²) in [6, 6.07) is 4.40. The number of fused-ring (bicyclic) bond motifs is 1. The average Bonchev–Trinajstić information content (AvgIpc) is 3.20. The number of hydrogen-bond donors (Lipinski definition) is 1. The van der Waals surface area contributed by atoms with Crippen molar-refractivity contribution in [2.24, 2.45) is 0 Å². The molecule has 1 aromatic heterocycles. The lowest BCUT2D eigenvalue weighted by Crippen LogP contribution is -2.45. The van der Waals surface area contributed by atoms with E-state index in [0.29, 0.717) is 16.3 Å². The first-order chi connectivity index (χ1) is 14.5. The number of amides is 1. The number of nitrogens with zero attached hydrogens (tertiary/aromatic N) is 1. The number of anilines is 2. The molecule has 0 unspecified atom stereocenters. The van der Waals surface area contributed by atoms with Gasteiger partial charge in [0, 0.05) is 4.88 Å². The molecule has 0 saturated heterocycles. The van der Waals surface area contributed by atoms with Crippen molar-refractivity contribution in [1.29, 1.82) is 0 Å². The quantitative estimate of drug-likeness (QED) is 0.629. The maximum absolute atomic E-state index is 13.1. The molecule has 0 radical (unpaired) electrons. The van der Waals surface area contributed by atoms with E-state index in [4.69, 9.17) is 4.74 Å². The first kappa shape index (κ1) is 23.3. The number of aryl methyl sites for hydroxylation is 3. The Balaban J connectivity index is 1.94. The summed E-state index contributed by atoms with van der Waals surface area (Å²) in [5.41, 5.74) is 3.56. The second-order valence-corrected chi connectivity index (χ2v) is 10.8. The number of nitrogens with one attached hydrogen (secondary N) is 1. The molecule has 1 heterocycles. The zero-order valence-corrected chi connectivity index (χ0v) is 20.1. The molecule has 0 saturated carbocycles. The molecule has 9 heteroatoms. The van der Waals surface area contributed by atoms with Gasteiger partial charge in [-0.2, -0.15) is 0 Å². The van der Waals surface area contributed by atoms with Crippen LogP contribution in [0.2, 0.25) is 0 Å². The number of sulfonamides is 1. The SMILES string of the molecule is CCOC(=O)c1c(NC(=O)[C@H](C)N(c2cc(C)cc(C)c2)S(C)(=O)=O)sc2c1CCC2. The van der Waals surface area contributed by atoms with E-state index in [2.05, 4.69) is 5.32 Å². The summed E-state index contributed by atoms with van der Waals surface area (Å²) < 4.78 is 31.5. The largest absolute Gasteiger partial charge is 0.462 e. The molecular weight excluding hydrogens is 436 g/mol. The van der Waals surface area contributed by atoms with Crippen molar-refractivity contribution in [3.05, 3.63) is 45.3 Å². The van der Waals surface area contributed by atoms with Crippen LogP contribution >= 0.6 is 11.3 Å². The monoisotopic (exact) mass is 464 g/mol. The normalized spacial score (nSPS) is 14.1. The van der Waals surface area contributed by atoms with Gasteiger partial charge in [-0.05, 0) is 75.8 Å². The molecule has 1 atom stereocenters. The summed E-state index contributed by atoms with van der Waals surface area (Å²) in [5.74, 6) is -0.964. The van der Waals surface area contributed by atoms with Crippen LogP contribution in [-0.2, 0) is 32.4 Å². The molecule has 0 spiro atoms. The molecule has 31 heavy (non-hydrogen) atoms. The van der Waals surface area contributed by atoms with E-state index < -0.39 is 27.9 Å². The summed E-state index contributed by atoms with van der Waals surface area (Å²) in [6.45, 7) is 7.26. The average molecular weight is 465 g/mol. The van der Waals surface area contributed by atoms with Crippen LogP contribution < -0.4 is 9.62 Å². The molecule has 1 aromatic carbocycles. The number of hydrogen-bond acceptors (Lipinski definition) is 6. The van der Waals surface area contributed by atoms with Gasteiger partial charge >= 0.3 is 5.97 Å². The highest BCUT2D eigenvalue weighted by molar-refractivity contribution is 7.92. The van der Waals surface area contributed by atoms with Crippen LogP contribution in [-0.4, -0.2) is 39.2 Å². The molecule has 0 fully saturated rings. The highest BCUT2D eigenvalue weighted by atomic mass is 32.2. The van der Waals surface area contributed by atoms with Gasteiger partial charge in [0.15, 0.2) is 0 Å². The molecule has 1 aliphatic carbocycles. The van der Waals surface area contributed by atoms with Crippen LogP contribution in [0, 0.1) is 13.8 Å². The van der Waals surface area contributed by atoms with Crippen molar-refractivity contribution < 1.29 is 22.7 Å². The predicted molar refractivity (Wildman–Crippen MR) is 124 cm³/mol. The van der Waals surface area contributed by atoms with Crippen molar-refractivity contribution in [2.75, 3.05) is 22.5 Å². The summed E-state index contributed by atoms with van der Waals surface area (Å²) in [4.78, 5) is 26.8. The number of rotatable bonds is 7. The fraction of sp³-hybridized carbons (Fsp3) is 0.455. The van der Waals surface area contributed by atoms with E-state index in [-0.39, 0.29) is 6.61 Å². The lowest BCUT2D eigenvalue weighted by Gasteiger charge is -2.28. The Morgan fingerprint density at radius 3 is 2.42 bits per heavy atom. The van der Waals surface area contributed by atoms with Crippen LogP contribution in [0.25, 0.3) is 0 Å². The van der Waals surface area contributed by atoms with Crippen molar-refractivity contribution in [1.82, 2.24) is 0 Å². The highest BCUT2D eigenvalue weighted by Crippen LogP contribution is 2.39. The first-order valence-corrected chi connectivity index (χ1v) is 12.9. The number of ether oxygens (including phenoxy) is 1. The topological polar surface area (TPSA) is 92.8 Å². The van der Waals surface area contributed by atoms with Gasteiger partial charge in [0.05, 0.1) is 24.1 Å². The Bertz CT molecular complexity index is 1100.